The highest BCUT2D eigenvalue weighted by Gasteiger charge is 2.34. The second kappa shape index (κ2) is 13.8. The molecule has 224 valence electrons. The van der Waals surface area contributed by atoms with Crippen molar-refractivity contribution in [3.63, 3.8) is 0 Å². The van der Waals surface area contributed by atoms with Crippen LogP contribution in [0.5, 0.6) is 5.75 Å². The van der Waals surface area contributed by atoms with Crippen molar-refractivity contribution in [2.24, 2.45) is 0 Å². The molecule has 10 heteroatoms. The number of carbonyl (C=O) groups is 2. The number of amides is 2. The van der Waals surface area contributed by atoms with Gasteiger partial charge >= 0.3 is 0 Å². The van der Waals surface area contributed by atoms with Crippen molar-refractivity contribution in [3.8, 4) is 5.75 Å². The number of sulfonamides is 1. The van der Waals surface area contributed by atoms with Gasteiger partial charge in [-0.25, -0.2) is 12.8 Å². The maximum absolute atomic E-state index is 14.8. The number of para-hydroxylation sites is 2. The van der Waals surface area contributed by atoms with Gasteiger partial charge in [0.15, 0.2) is 0 Å². The van der Waals surface area contributed by atoms with Gasteiger partial charge in [0.05, 0.1) is 17.2 Å². The molecule has 1 aliphatic carbocycles. The van der Waals surface area contributed by atoms with E-state index >= 15 is 0 Å². The predicted molar refractivity (Wildman–Crippen MR) is 160 cm³/mol. The molecule has 3 aromatic rings. The van der Waals surface area contributed by atoms with Crippen LogP contribution in [0.25, 0.3) is 0 Å². The fourth-order valence-electron chi connectivity index (χ4n) is 5.08. The van der Waals surface area contributed by atoms with Gasteiger partial charge in [-0.15, -0.1) is 0 Å². The topological polar surface area (TPSA) is 96.0 Å². The zero-order valence-electron chi connectivity index (χ0n) is 24.3. The fraction of sp³-hybridized carbons (Fsp3) is 0.375. The van der Waals surface area contributed by atoms with Crippen LogP contribution in [0.1, 0.15) is 50.7 Å². The molecule has 0 heterocycles. The van der Waals surface area contributed by atoms with Crippen molar-refractivity contribution in [1.29, 1.82) is 0 Å². The summed E-state index contributed by atoms with van der Waals surface area (Å²) < 4.78 is 49.6. The van der Waals surface area contributed by atoms with Gasteiger partial charge in [0.2, 0.25) is 11.8 Å². The molecule has 0 radical (unpaired) electrons. The average molecular weight is 596 g/mol. The van der Waals surface area contributed by atoms with Crippen molar-refractivity contribution in [3.05, 3.63) is 89.7 Å². The Morgan fingerprint density at radius 2 is 1.64 bits per heavy atom. The van der Waals surface area contributed by atoms with E-state index in [9.17, 15) is 22.4 Å². The van der Waals surface area contributed by atoms with Gasteiger partial charge in [-0.3, -0.25) is 13.9 Å². The lowest BCUT2D eigenvalue weighted by molar-refractivity contribution is -0.139. The van der Waals surface area contributed by atoms with E-state index in [1.165, 1.54) is 23.1 Å². The summed E-state index contributed by atoms with van der Waals surface area (Å²) in [5, 5.41) is 3.01. The van der Waals surface area contributed by atoms with Gasteiger partial charge in [0, 0.05) is 18.2 Å². The molecular formula is C32H38FN3O5S. The fourth-order valence-corrected chi connectivity index (χ4v) is 6.50. The zero-order valence-corrected chi connectivity index (χ0v) is 25.1. The van der Waals surface area contributed by atoms with E-state index in [0.717, 1.165) is 35.6 Å². The van der Waals surface area contributed by atoms with E-state index in [-0.39, 0.29) is 47.0 Å². The summed E-state index contributed by atoms with van der Waals surface area (Å²) in [5.41, 5.74) is 1.28. The van der Waals surface area contributed by atoms with Crippen LogP contribution in [0.3, 0.4) is 0 Å². The minimum Gasteiger partial charge on any atom is -0.492 e. The maximum Gasteiger partial charge on any atom is 0.264 e. The second-order valence-electron chi connectivity index (χ2n) is 10.5. The number of nitrogens with zero attached hydrogens (tertiary/aromatic N) is 2. The molecule has 1 N–H and O–H groups in total. The molecule has 42 heavy (non-hydrogen) atoms. The largest absolute Gasteiger partial charge is 0.492 e. The lowest BCUT2D eigenvalue weighted by atomic mass is 10.1. The number of nitrogens with one attached hydrogen (secondary N) is 1. The minimum atomic E-state index is -4.25. The summed E-state index contributed by atoms with van der Waals surface area (Å²) >= 11 is 0. The molecule has 1 saturated carbocycles. The van der Waals surface area contributed by atoms with Crippen LogP contribution in [0.4, 0.5) is 10.1 Å². The van der Waals surface area contributed by atoms with Crippen LogP contribution in [0, 0.1) is 12.7 Å². The zero-order chi connectivity index (χ0) is 30.3. The van der Waals surface area contributed by atoms with E-state index in [1.54, 1.807) is 68.4 Å². The van der Waals surface area contributed by atoms with Crippen molar-refractivity contribution >= 4 is 27.5 Å². The van der Waals surface area contributed by atoms with Crippen molar-refractivity contribution < 1.29 is 27.1 Å². The van der Waals surface area contributed by atoms with Gasteiger partial charge in [0.25, 0.3) is 10.0 Å². The molecule has 4 rings (SSSR count). The van der Waals surface area contributed by atoms with E-state index in [2.05, 4.69) is 5.32 Å². The van der Waals surface area contributed by atoms with Crippen molar-refractivity contribution in [1.82, 2.24) is 10.2 Å². The highest BCUT2D eigenvalue weighted by molar-refractivity contribution is 7.92. The number of carbonyl (C=O) groups excluding carboxylic acids is 2. The quantitative estimate of drug-likeness (QED) is 0.310. The number of ether oxygens (including phenoxy) is 1. The van der Waals surface area contributed by atoms with Crippen molar-refractivity contribution in [2.75, 3.05) is 17.5 Å². The molecule has 0 aromatic heterocycles. The maximum atomic E-state index is 14.8. The Kier molecular flexibility index (Phi) is 10.2. The summed E-state index contributed by atoms with van der Waals surface area (Å²) in [6, 6.07) is 18.0. The van der Waals surface area contributed by atoms with Gasteiger partial charge in [-0.05, 0) is 63.9 Å². The van der Waals surface area contributed by atoms with Gasteiger partial charge < -0.3 is 15.0 Å². The lowest BCUT2D eigenvalue weighted by Gasteiger charge is -2.33. The molecular weight excluding hydrogens is 557 g/mol. The first-order valence-electron chi connectivity index (χ1n) is 14.3. The molecule has 3 aromatic carbocycles. The summed E-state index contributed by atoms with van der Waals surface area (Å²) in [5.74, 6) is -1.26. The first-order valence-corrected chi connectivity index (χ1v) is 15.7. The average Bonchev–Trinajstić information content (AvgIpc) is 3.49. The van der Waals surface area contributed by atoms with E-state index in [1.807, 2.05) is 6.92 Å². The Hall–Kier alpha value is -3.92. The van der Waals surface area contributed by atoms with Crippen LogP contribution >= 0.6 is 0 Å². The lowest BCUT2D eigenvalue weighted by Crippen LogP contribution is -2.52. The van der Waals surface area contributed by atoms with Crippen LogP contribution < -0.4 is 14.4 Å². The Morgan fingerprint density at radius 1 is 1.00 bits per heavy atom. The smallest absolute Gasteiger partial charge is 0.264 e. The molecule has 2 amide bonds. The predicted octanol–water partition coefficient (Wildman–Crippen LogP) is 5.20. The third kappa shape index (κ3) is 7.28. The molecule has 0 unspecified atom stereocenters. The molecule has 0 aliphatic heterocycles. The number of anilines is 1. The third-order valence-electron chi connectivity index (χ3n) is 7.49. The molecule has 0 saturated heterocycles. The van der Waals surface area contributed by atoms with Crippen LogP contribution in [-0.4, -0.2) is 50.4 Å². The number of halogens is 1. The van der Waals surface area contributed by atoms with E-state index in [4.69, 9.17) is 4.74 Å². The Bertz CT molecular complexity index is 1490. The number of rotatable bonds is 12. The van der Waals surface area contributed by atoms with Crippen LogP contribution in [0.15, 0.2) is 77.7 Å². The van der Waals surface area contributed by atoms with Gasteiger partial charge in [0.1, 0.15) is 24.2 Å². The number of hydrogen-bond acceptors (Lipinski definition) is 5. The highest BCUT2D eigenvalue weighted by atomic mass is 32.2. The molecule has 1 atom stereocenters. The normalized spacial score (nSPS) is 14.3. The molecule has 1 aliphatic rings. The summed E-state index contributed by atoms with van der Waals surface area (Å²) in [6.07, 6.45) is 3.75. The number of benzene rings is 3. The van der Waals surface area contributed by atoms with E-state index < -0.39 is 34.3 Å². The minimum absolute atomic E-state index is 0.000111. The standard InChI is InChI=1S/C32H38FN3O5S/c1-4-41-30-16-10-9-15-29(30)36(42(39,40)27-19-17-23(2)18-20-27)22-31(37)35(21-25-11-5-8-14-28(25)33)24(3)32(38)34-26-12-6-7-13-26/h5,8-11,14-20,24,26H,4,6-7,12-13,21-22H2,1-3H3,(H,34,38)/t24-/m1/s1. The monoisotopic (exact) mass is 595 g/mol. The first-order chi connectivity index (χ1) is 20.1. The van der Waals surface area contributed by atoms with E-state index in [0.29, 0.717) is 0 Å². The molecule has 0 bridgehead atoms. The Morgan fingerprint density at radius 3 is 2.31 bits per heavy atom. The molecule has 8 nitrogen and oxygen atoms in total. The highest BCUT2D eigenvalue weighted by Crippen LogP contribution is 2.33. The van der Waals surface area contributed by atoms with Gasteiger partial charge in [-0.2, -0.15) is 0 Å². The SMILES string of the molecule is CCOc1ccccc1N(CC(=O)N(Cc1ccccc1F)[C@H](C)C(=O)NC1CCCC1)S(=O)(=O)c1ccc(C)cc1. The molecule has 1 fully saturated rings. The Balaban J connectivity index is 1.73. The van der Waals surface area contributed by atoms with Gasteiger partial charge in [-0.1, -0.05) is 60.9 Å². The summed E-state index contributed by atoms with van der Waals surface area (Å²) in [4.78, 5) is 28.7. The summed E-state index contributed by atoms with van der Waals surface area (Å²) in [6.45, 7) is 4.64. The van der Waals surface area contributed by atoms with Crippen LogP contribution in [0.2, 0.25) is 0 Å². The third-order valence-corrected chi connectivity index (χ3v) is 9.26. The van der Waals surface area contributed by atoms with Crippen molar-refractivity contribution in [2.45, 2.75) is 70.0 Å². The second-order valence-corrected chi connectivity index (χ2v) is 12.4. The summed E-state index contributed by atoms with van der Waals surface area (Å²) in [7, 11) is -4.25. The Labute approximate surface area is 247 Å². The first kappa shape index (κ1) is 31.0. The molecule has 0 spiro atoms. The van der Waals surface area contributed by atoms with Crippen LogP contribution in [-0.2, 0) is 26.2 Å². The number of hydrogen-bond donors (Lipinski definition) is 1. The number of aryl methyl sites for hydroxylation is 1.